The molecule has 1 nitrogen and oxygen atoms in total. The molecule has 2 heterocycles. The predicted octanol–water partition coefficient (Wildman–Crippen LogP) is 3.05. The van der Waals surface area contributed by atoms with Crippen LogP contribution in [-0.4, -0.2) is 20.8 Å². The summed E-state index contributed by atoms with van der Waals surface area (Å²) < 4.78 is 2.05. The van der Waals surface area contributed by atoms with Crippen molar-refractivity contribution >= 4 is 48.1 Å². The molecule has 2 aromatic heterocycles. The van der Waals surface area contributed by atoms with E-state index in [-0.39, 0.29) is 14.5 Å². The van der Waals surface area contributed by atoms with Crippen LogP contribution >= 0.6 is 27.3 Å². The SMILES string of the molecule is O=Cc1[se]ccc1-c1ccc(Br)s1. The number of hydrogen-bond donors (Lipinski definition) is 0. The summed E-state index contributed by atoms with van der Waals surface area (Å²) >= 11 is 5.32. The zero-order valence-electron chi connectivity index (χ0n) is 6.49. The molecule has 0 aliphatic carbocycles. The maximum atomic E-state index is 10.7. The van der Waals surface area contributed by atoms with Crippen LogP contribution < -0.4 is 0 Å². The summed E-state index contributed by atoms with van der Waals surface area (Å²) in [6, 6.07) is 6.09. The van der Waals surface area contributed by atoms with Crippen molar-refractivity contribution in [2.75, 3.05) is 0 Å². The van der Waals surface area contributed by atoms with E-state index >= 15 is 0 Å². The second kappa shape index (κ2) is 3.93. The van der Waals surface area contributed by atoms with Crippen LogP contribution in [0.3, 0.4) is 0 Å². The number of carbonyl (C=O) groups is 1. The first-order chi connectivity index (χ1) is 6.31. The molecule has 13 heavy (non-hydrogen) atoms. The van der Waals surface area contributed by atoms with Crippen molar-refractivity contribution in [3.63, 3.8) is 0 Å². The first-order valence-corrected chi connectivity index (χ1v) is 7.05. The van der Waals surface area contributed by atoms with Gasteiger partial charge in [-0.15, -0.1) is 0 Å². The summed E-state index contributed by atoms with van der Waals surface area (Å²) in [5.74, 6) is 0. The van der Waals surface area contributed by atoms with Crippen LogP contribution in [0.25, 0.3) is 10.4 Å². The quantitative estimate of drug-likeness (QED) is 0.614. The van der Waals surface area contributed by atoms with Crippen molar-refractivity contribution in [2.24, 2.45) is 0 Å². The van der Waals surface area contributed by atoms with Crippen LogP contribution in [0.15, 0.2) is 26.9 Å². The van der Waals surface area contributed by atoms with E-state index in [4.69, 9.17) is 0 Å². The van der Waals surface area contributed by atoms with Gasteiger partial charge in [-0.3, -0.25) is 0 Å². The predicted molar refractivity (Wildman–Crippen MR) is 59.8 cm³/mol. The number of rotatable bonds is 2. The van der Waals surface area contributed by atoms with Gasteiger partial charge < -0.3 is 0 Å². The van der Waals surface area contributed by atoms with Crippen LogP contribution in [0.1, 0.15) is 9.23 Å². The average Bonchev–Trinajstić information content (AvgIpc) is 2.71. The first kappa shape index (κ1) is 9.41. The fourth-order valence-corrected chi connectivity index (χ4v) is 4.14. The van der Waals surface area contributed by atoms with Crippen molar-refractivity contribution in [2.45, 2.75) is 0 Å². The van der Waals surface area contributed by atoms with E-state index < -0.39 is 0 Å². The van der Waals surface area contributed by atoms with Crippen molar-refractivity contribution in [3.05, 3.63) is 31.4 Å². The molecule has 0 bridgehead atoms. The molecule has 0 fully saturated rings. The Morgan fingerprint density at radius 2 is 2.23 bits per heavy atom. The summed E-state index contributed by atoms with van der Waals surface area (Å²) in [4.78, 5) is 14.0. The van der Waals surface area contributed by atoms with Gasteiger partial charge in [-0.1, -0.05) is 0 Å². The molecule has 0 atom stereocenters. The fraction of sp³-hybridized carbons (Fsp3) is 0. The topological polar surface area (TPSA) is 17.1 Å². The molecule has 0 unspecified atom stereocenters. The minimum absolute atomic E-state index is 0.244. The van der Waals surface area contributed by atoms with Crippen molar-refractivity contribution in [1.29, 1.82) is 0 Å². The Labute approximate surface area is 94.3 Å². The average molecular weight is 320 g/mol. The summed E-state index contributed by atoms with van der Waals surface area (Å²) in [6.45, 7) is 0. The van der Waals surface area contributed by atoms with Gasteiger partial charge in [0.25, 0.3) is 0 Å². The Kier molecular flexibility index (Phi) is 2.84. The van der Waals surface area contributed by atoms with Gasteiger partial charge >= 0.3 is 94.7 Å². The standard InChI is InChI=1S/C9H5BrOSSe/c10-9-2-1-7(12-9)6-3-4-13-8(6)5-11/h1-5H. The Morgan fingerprint density at radius 1 is 1.38 bits per heavy atom. The number of hydrogen-bond acceptors (Lipinski definition) is 2. The third kappa shape index (κ3) is 1.86. The zero-order valence-corrected chi connectivity index (χ0v) is 10.6. The molecule has 0 aliphatic heterocycles. The monoisotopic (exact) mass is 320 g/mol. The Hall–Kier alpha value is -0.151. The molecular formula is C9H5BrOSSe. The second-order valence-corrected chi connectivity index (χ2v) is 6.87. The molecule has 0 N–H and O–H groups in total. The molecule has 0 amide bonds. The molecule has 66 valence electrons. The van der Waals surface area contributed by atoms with E-state index in [9.17, 15) is 4.79 Å². The molecule has 0 aromatic carbocycles. The van der Waals surface area contributed by atoms with E-state index in [2.05, 4.69) is 20.9 Å². The van der Waals surface area contributed by atoms with Crippen LogP contribution in [0, 0.1) is 0 Å². The second-order valence-electron chi connectivity index (χ2n) is 2.42. The van der Waals surface area contributed by atoms with Gasteiger partial charge in [-0.25, -0.2) is 0 Å². The maximum absolute atomic E-state index is 10.7. The van der Waals surface area contributed by atoms with Crippen molar-refractivity contribution < 1.29 is 4.79 Å². The van der Waals surface area contributed by atoms with Crippen LogP contribution in [0.5, 0.6) is 0 Å². The number of thiophene rings is 1. The molecule has 0 aliphatic rings. The van der Waals surface area contributed by atoms with Crippen LogP contribution in [0.2, 0.25) is 0 Å². The summed E-state index contributed by atoms with van der Waals surface area (Å²) in [6.07, 6.45) is 0.975. The van der Waals surface area contributed by atoms with Gasteiger partial charge in [0.2, 0.25) is 0 Å². The molecule has 0 radical (unpaired) electrons. The minimum atomic E-state index is 0.244. The third-order valence-corrected chi connectivity index (χ3v) is 5.06. The van der Waals surface area contributed by atoms with Gasteiger partial charge in [0.1, 0.15) is 0 Å². The molecule has 2 rings (SSSR count). The summed E-state index contributed by atoms with van der Waals surface area (Å²) in [7, 11) is 0. The third-order valence-electron chi connectivity index (χ3n) is 1.64. The number of carbonyl (C=O) groups excluding carboxylic acids is 1. The molecule has 4 heteroatoms. The van der Waals surface area contributed by atoms with Gasteiger partial charge in [0.15, 0.2) is 0 Å². The molecule has 0 spiro atoms. The number of halogens is 1. The fourth-order valence-electron chi connectivity index (χ4n) is 1.07. The van der Waals surface area contributed by atoms with Crippen molar-refractivity contribution in [1.82, 2.24) is 0 Å². The van der Waals surface area contributed by atoms with Gasteiger partial charge in [0, 0.05) is 0 Å². The number of aldehydes is 1. The van der Waals surface area contributed by atoms with Gasteiger partial charge in [-0.05, 0) is 0 Å². The summed E-state index contributed by atoms with van der Waals surface area (Å²) in [5, 5.41) is 0. The van der Waals surface area contributed by atoms with E-state index in [0.29, 0.717) is 0 Å². The van der Waals surface area contributed by atoms with E-state index in [1.54, 1.807) is 11.3 Å². The normalized spacial score (nSPS) is 10.2. The van der Waals surface area contributed by atoms with Crippen molar-refractivity contribution in [3.8, 4) is 10.4 Å². The first-order valence-electron chi connectivity index (χ1n) is 3.59. The molecule has 2 aromatic rings. The van der Waals surface area contributed by atoms with Crippen LogP contribution in [0.4, 0.5) is 0 Å². The van der Waals surface area contributed by atoms with E-state index in [1.165, 1.54) is 4.88 Å². The Bertz CT molecular complexity index is 432. The van der Waals surface area contributed by atoms with Crippen LogP contribution in [-0.2, 0) is 0 Å². The summed E-state index contributed by atoms with van der Waals surface area (Å²) in [5.41, 5.74) is 1.10. The molecular weight excluding hydrogens is 315 g/mol. The van der Waals surface area contributed by atoms with Gasteiger partial charge in [-0.2, -0.15) is 0 Å². The Balaban J connectivity index is 2.51. The van der Waals surface area contributed by atoms with Gasteiger partial charge in [0.05, 0.1) is 0 Å². The van der Waals surface area contributed by atoms with E-state index in [0.717, 1.165) is 20.1 Å². The Morgan fingerprint density at radius 3 is 2.85 bits per heavy atom. The molecule has 0 saturated heterocycles. The van der Waals surface area contributed by atoms with E-state index in [1.807, 2.05) is 18.2 Å². The zero-order chi connectivity index (χ0) is 9.26. The molecule has 0 saturated carbocycles.